The van der Waals surface area contributed by atoms with E-state index in [4.69, 9.17) is 11.6 Å². The van der Waals surface area contributed by atoms with E-state index in [2.05, 4.69) is 0 Å². The van der Waals surface area contributed by atoms with Crippen molar-refractivity contribution in [1.82, 2.24) is 0 Å². The number of allylic oxidation sites excluding steroid dienone is 1. The Labute approximate surface area is 61.5 Å². The molecular formula is C6H9ClSe. The monoisotopic (exact) mass is 196 g/mol. The van der Waals surface area contributed by atoms with Gasteiger partial charge in [0.25, 0.3) is 0 Å². The van der Waals surface area contributed by atoms with E-state index in [1.54, 1.807) is 5.54 Å². The molecule has 0 aromatic carbocycles. The zero-order chi connectivity index (χ0) is 5.82. The molecule has 0 aliphatic carbocycles. The third-order valence-electron chi connectivity index (χ3n) is 1.23. The molecule has 1 fully saturated rings. The van der Waals surface area contributed by atoms with Gasteiger partial charge in [0.2, 0.25) is 0 Å². The van der Waals surface area contributed by atoms with Gasteiger partial charge < -0.3 is 0 Å². The van der Waals surface area contributed by atoms with E-state index in [1.165, 1.54) is 29.1 Å². The van der Waals surface area contributed by atoms with Crippen LogP contribution < -0.4 is 0 Å². The van der Waals surface area contributed by atoms with Gasteiger partial charge in [-0.3, -0.25) is 0 Å². The van der Waals surface area contributed by atoms with E-state index in [9.17, 15) is 0 Å². The van der Waals surface area contributed by atoms with Crippen LogP contribution in [0.1, 0.15) is 12.8 Å². The Kier molecular flexibility index (Phi) is 2.96. The summed E-state index contributed by atoms with van der Waals surface area (Å²) >= 11 is 6.40. The molecule has 0 radical (unpaired) electrons. The molecule has 1 aliphatic heterocycles. The molecule has 8 heavy (non-hydrogen) atoms. The number of hydrogen-bond acceptors (Lipinski definition) is 0. The second kappa shape index (κ2) is 3.55. The van der Waals surface area contributed by atoms with E-state index < -0.39 is 0 Å². The van der Waals surface area contributed by atoms with Crippen molar-refractivity contribution in [3.8, 4) is 0 Å². The molecule has 1 aliphatic rings. The molecule has 0 unspecified atom stereocenters. The van der Waals surface area contributed by atoms with Gasteiger partial charge in [0.1, 0.15) is 0 Å². The van der Waals surface area contributed by atoms with Crippen molar-refractivity contribution in [1.29, 1.82) is 0 Å². The normalized spacial score (nSPS) is 26.4. The molecule has 2 heteroatoms. The SMILES string of the molecule is Cl/C=C1\CCC[Se]C1. The van der Waals surface area contributed by atoms with Crippen molar-refractivity contribution in [3.63, 3.8) is 0 Å². The van der Waals surface area contributed by atoms with Gasteiger partial charge in [-0.25, -0.2) is 0 Å². The van der Waals surface area contributed by atoms with Crippen LogP contribution in [0, 0.1) is 0 Å². The van der Waals surface area contributed by atoms with E-state index >= 15 is 0 Å². The molecular weight excluding hydrogens is 186 g/mol. The topological polar surface area (TPSA) is 0 Å². The fourth-order valence-electron chi connectivity index (χ4n) is 0.763. The molecule has 0 amide bonds. The molecule has 0 aromatic heterocycles. The van der Waals surface area contributed by atoms with E-state index in [0.717, 1.165) is 15.0 Å². The van der Waals surface area contributed by atoms with Gasteiger partial charge >= 0.3 is 61.1 Å². The van der Waals surface area contributed by atoms with Crippen LogP contribution in [0.3, 0.4) is 0 Å². The molecule has 0 atom stereocenters. The average molecular weight is 196 g/mol. The Morgan fingerprint density at radius 2 is 2.50 bits per heavy atom. The quantitative estimate of drug-likeness (QED) is 0.521. The first-order valence-corrected chi connectivity index (χ1v) is 5.65. The Bertz CT molecular complexity index is 90.7. The first-order chi connectivity index (χ1) is 3.93. The average Bonchev–Trinajstić information content (AvgIpc) is 1.90. The maximum atomic E-state index is 5.53. The molecule has 0 bridgehead atoms. The van der Waals surface area contributed by atoms with Crippen molar-refractivity contribution >= 4 is 26.6 Å². The molecule has 46 valence electrons. The molecule has 0 N–H and O–H groups in total. The fourth-order valence-corrected chi connectivity index (χ4v) is 3.22. The second-order valence-electron chi connectivity index (χ2n) is 1.92. The van der Waals surface area contributed by atoms with Crippen LogP contribution in [0.4, 0.5) is 0 Å². The summed E-state index contributed by atoms with van der Waals surface area (Å²) in [6, 6.07) is 0. The zero-order valence-electron chi connectivity index (χ0n) is 4.69. The summed E-state index contributed by atoms with van der Waals surface area (Å²) in [6.45, 7) is 0. The van der Waals surface area contributed by atoms with Crippen LogP contribution in [-0.2, 0) is 0 Å². The Hall–Kier alpha value is 0.549. The number of hydrogen-bond donors (Lipinski definition) is 0. The third-order valence-corrected chi connectivity index (χ3v) is 3.95. The molecule has 0 spiro atoms. The molecule has 0 saturated carbocycles. The van der Waals surface area contributed by atoms with E-state index in [0.29, 0.717) is 0 Å². The van der Waals surface area contributed by atoms with Crippen molar-refractivity contribution < 1.29 is 0 Å². The molecule has 0 aromatic rings. The van der Waals surface area contributed by atoms with Crippen LogP contribution in [0.5, 0.6) is 0 Å². The molecule has 1 heterocycles. The minimum atomic E-state index is 0.874. The first kappa shape index (κ1) is 6.67. The van der Waals surface area contributed by atoms with Crippen LogP contribution in [-0.4, -0.2) is 15.0 Å². The van der Waals surface area contributed by atoms with Crippen molar-refractivity contribution in [3.05, 3.63) is 11.1 Å². The molecule has 0 nitrogen and oxygen atoms in total. The summed E-state index contributed by atoms with van der Waals surface area (Å²) in [5.74, 6) is 0. The second-order valence-corrected chi connectivity index (χ2v) is 4.46. The van der Waals surface area contributed by atoms with Gasteiger partial charge in [-0.15, -0.1) is 0 Å². The summed E-state index contributed by atoms with van der Waals surface area (Å²) < 4.78 is 0. The van der Waals surface area contributed by atoms with Gasteiger partial charge in [0.15, 0.2) is 0 Å². The summed E-state index contributed by atoms with van der Waals surface area (Å²) in [5.41, 5.74) is 3.24. The van der Waals surface area contributed by atoms with Crippen LogP contribution >= 0.6 is 11.6 Å². The summed E-state index contributed by atoms with van der Waals surface area (Å²) in [5, 5.41) is 2.76. The standard InChI is InChI=1S/C6H9ClSe/c7-4-6-2-1-3-8-5-6/h4H,1-3,5H2/b6-4+. The molecule has 1 rings (SSSR count). The van der Waals surface area contributed by atoms with E-state index in [1.807, 2.05) is 0 Å². The molecule has 1 saturated heterocycles. The zero-order valence-corrected chi connectivity index (χ0v) is 7.16. The summed E-state index contributed by atoms with van der Waals surface area (Å²) in [4.78, 5) is 0. The summed E-state index contributed by atoms with van der Waals surface area (Å²) in [7, 11) is 0. The Morgan fingerprint density at radius 1 is 1.62 bits per heavy atom. The van der Waals surface area contributed by atoms with Gasteiger partial charge in [-0.05, 0) is 0 Å². The van der Waals surface area contributed by atoms with Crippen molar-refractivity contribution in [2.45, 2.75) is 23.5 Å². The van der Waals surface area contributed by atoms with Gasteiger partial charge in [0.05, 0.1) is 0 Å². The third kappa shape index (κ3) is 1.81. The van der Waals surface area contributed by atoms with Gasteiger partial charge in [-0.1, -0.05) is 0 Å². The number of rotatable bonds is 0. The van der Waals surface area contributed by atoms with Gasteiger partial charge in [-0.2, -0.15) is 0 Å². The van der Waals surface area contributed by atoms with Crippen LogP contribution in [0.15, 0.2) is 11.1 Å². The Morgan fingerprint density at radius 3 is 2.88 bits per heavy atom. The van der Waals surface area contributed by atoms with Crippen molar-refractivity contribution in [2.24, 2.45) is 0 Å². The predicted molar refractivity (Wildman–Crippen MR) is 38.5 cm³/mol. The van der Waals surface area contributed by atoms with Crippen LogP contribution in [0.25, 0.3) is 0 Å². The number of halogens is 1. The van der Waals surface area contributed by atoms with Gasteiger partial charge in [0, 0.05) is 0 Å². The fraction of sp³-hybridized carbons (Fsp3) is 0.667. The van der Waals surface area contributed by atoms with Crippen LogP contribution in [0.2, 0.25) is 10.6 Å². The van der Waals surface area contributed by atoms with Crippen molar-refractivity contribution in [2.75, 3.05) is 0 Å². The Balaban J connectivity index is 2.33. The van der Waals surface area contributed by atoms with E-state index in [-0.39, 0.29) is 0 Å². The minimum absolute atomic E-state index is 0.874. The summed E-state index contributed by atoms with van der Waals surface area (Å²) in [6.07, 6.45) is 2.63. The predicted octanol–water partition coefficient (Wildman–Crippen LogP) is 2.44. The first-order valence-electron chi connectivity index (χ1n) is 2.79. The maximum absolute atomic E-state index is 5.53.